The van der Waals surface area contributed by atoms with Crippen LogP contribution in [0.3, 0.4) is 0 Å². The summed E-state index contributed by atoms with van der Waals surface area (Å²) in [6.07, 6.45) is 1.72. The standard InChI is InChI=1S/C45H57N5O7Si/c1-30-36(50-29-48-38-39(46-28-47-40(38)50)49-41(52)57-42(2,3)4)25-37(51)44(30,27-56-58(10,11)43(5,6)7)26-55-45(31-15-13-12-14-16-31,32-17-21-34(53-8)22-18-32)33-19-23-35(54-9)24-20-33/h12-24,28-29,36-37,51H,1,25-27H2,2-11H3,(H,46,47,49,52)/t36-,37-,44+/m0/s1. The van der Waals surface area contributed by atoms with Crippen LogP contribution in [0.2, 0.25) is 18.1 Å². The predicted molar refractivity (Wildman–Crippen MR) is 228 cm³/mol. The predicted octanol–water partition coefficient (Wildman–Crippen LogP) is 9.07. The maximum absolute atomic E-state index is 12.8. The average Bonchev–Trinajstić information content (AvgIpc) is 3.72. The van der Waals surface area contributed by atoms with Crippen LogP contribution in [0.15, 0.2) is 104 Å². The largest absolute Gasteiger partial charge is 0.497 e. The molecule has 1 amide bonds. The van der Waals surface area contributed by atoms with Gasteiger partial charge >= 0.3 is 6.09 Å². The third kappa shape index (κ3) is 8.26. The normalized spacial score (nSPS) is 19.0. The summed E-state index contributed by atoms with van der Waals surface area (Å²) in [6, 6.07) is 25.4. The van der Waals surface area contributed by atoms with Crippen LogP contribution in [0.4, 0.5) is 10.6 Å². The van der Waals surface area contributed by atoms with Gasteiger partial charge in [0.15, 0.2) is 25.3 Å². The molecule has 1 saturated carbocycles. The van der Waals surface area contributed by atoms with Crippen molar-refractivity contribution in [1.82, 2.24) is 19.5 Å². The van der Waals surface area contributed by atoms with E-state index in [1.54, 1.807) is 41.3 Å². The van der Waals surface area contributed by atoms with E-state index in [1.165, 1.54) is 6.33 Å². The van der Waals surface area contributed by atoms with E-state index in [4.69, 9.17) is 30.0 Å². The minimum atomic E-state index is -2.37. The highest BCUT2D eigenvalue weighted by Gasteiger charge is 2.54. The lowest BCUT2D eigenvalue weighted by Crippen LogP contribution is -2.49. The fraction of sp³-hybridized carbons (Fsp3) is 0.422. The van der Waals surface area contributed by atoms with Crippen molar-refractivity contribution in [2.45, 2.75) is 89.4 Å². The second kappa shape index (κ2) is 16.3. The molecule has 1 aliphatic rings. The molecule has 3 atom stereocenters. The van der Waals surface area contributed by atoms with Gasteiger partial charge in [0.2, 0.25) is 0 Å². The fourth-order valence-corrected chi connectivity index (χ4v) is 8.29. The van der Waals surface area contributed by atoms with Gasteiger partial charge in [-0.3, -0.25) is 5.32 Å². The lowest BCUT2D eigenvalue weighted by atomic mass is 9.78. The number of imidazole rings is 1. The number of ether oxygens (including phenoxy) is 4. The van der Waals surface area contributed by atoms with Crippen molar-refractivity contribution in [3.8, 4) is 11.5 Å². The lowest BCUT2D eigenvalue weighted by molar-refractivity contribution is -0.0788. The summed E-state index contributed by atoms with van der Waals surface area (Å²) >= 11 is 0. The third-order valence-corrected chi connectivity index (χ3v) is 16.1. The summed E-state index contributed by atoms with van der Waals surface area (Å²) in [5.74, 6) is 1.63. The first-order valence-electron chi connectivity index (χ1n) is 19.5. The number of carbonyl (C=O) groups excluding carboxylic acids is 1. The molecule has 0 aliphatic heterocycles. The van der Waals surface area contributed by atoms with E-state index in [2.05, 4.69) is 66.3 Å². The van der Waals surface area contributed by atoms with Gasteiger partial charge in [-0.2, -0.15) is 0 Å². The van der Waals surface area contributed by atoms with Crippen LogP contribution < -0.4 is 14.8 Å². The Bertz CT molecular complexity index is 2170. The van der Waals surface area contributed by atoms with Crippen molar-refractivity contribution in [2.24, 2.45) is 5.41 Å². The van der Waals surface area contributed by atoms with Crippen LogP contribution in [0.25, 0.3) is 11.2 Å². The highest BCUT2D eigenvalue weighted by atomic mass is 28.4. The van der Waals surface area contributed by atoms with Gasteiger partial charge in [-0.25, -0.2) is 19.7 Å². The summed E-state index contributed by atoms with van der Waals surface area (Å²) in [5, 5.41) is 15.1. The number of amides is 1. The summed E-state index contributed by atoms with van der Waals surface area (Å²) in [6.45, 7) is 21.3. The molecule has 0 saturated heterocycles. The molecule has 2 aromatic heterocycles. The maximum atomic E-state index is 12.8. The molecule has 5 aromatic rings. The smallest absolute Gasteiger partial charge is 0.413 e. The van der Waals surface area contributed by atoms with E-state index >= 15 is 0 Å². The molecule has 3 aromatic carbocycles. The number of anilines is 1. The van der Waals surface area contributed by atoms with Gasteiger partial charge < -0.3 is 33.0 Å². The molecule has 0 bridgehead atoms. The first-order chi connectivity index (χ1) is 27.3. The topological polar surface area (TPSA) is 139 Å². The molecule has 0 unspecified atom stereocenters. The number of hydrogen-bond donors (Lipinski definition) is 2. The zero-order valence-corrected chi connectivity index (χ0v) is 36.3. The fourth-order valence-electron chi connectivity index (χ4n) is 7.23. The molecular formula is C45H57N5O7Si. The Hall–Kier alpha value is -5.08. The third-order valence-electron chi connectivity index (χ3n) is 11.7. The highest BCUT2D eigenvalue weighted by Crippen LogP contribution is 2.53. The Labute approximate surface area is 342 Å². The minimum absolute atomic E-state index is 0.0398. The molecule has 308 valence electrons. The molecule has 12 nitrogen and oxygen atoms in total. The van der Waals surface area contributed by atoms with Gasteiger partial charge in [0.05, 0.1) is 44.7 Å². The summed E-state index contributed by atoms with van der Waals surface area (Å²) < 4.78 is 33.0. The molecular weight excluding hydrogens is 751 g/mol. The molecule has 0 spiro atoms. The van der Waals surface area contributed by atoms with Crippen molar-refractivity contribution >= 4 is 31.4 Å². The molecule has 1 fully saturated rings. The monoisotopic (exact) mass is 807 g/mol. The average molecular weight is 808 g/mol. The summed E-state index contributed by atoms with van der Waals surface area (Å²) in [5.41, 5.74) is 1.24. The number of benzene rings is 3. The Morgan fingerprint density at radius 3 is 1.97 bits per heavy atom. The SMILES string of the molecule is C=C1[C@@H](n2cnc3c(NC(=O)OC(C)(C)C)ncnc32)C[C@H](O)[C@]1(COC(c1ccccc1)(c1ccc(OC)cc1)c1ccc(OC)cc1)CO[Si](C)(C)C(C)(C)C. The van der Waals surface area contributed by atoms with E-state index in [9.17, 15) is 9.90 Å². The number of aromatic nitrogens is 4. The van der Waals surface area contributed by atoms with Gasteiger partial charge in [-0.05, 0) is 91.9 Å². The maximum Gasteiger partial charge on any atom is 0.413 e. The Morgan fingerprint density at radius 1 is 0.862 bits per heavy atom. The quantitative estimate of drug-likeness (QED) is 0.0673. The molecule has 2 heterocycles. The zero-order chi connectivity index (χ0) is 42.1. The Kier molecular flexibility index (Phi) is 11.9. The van der Waals surface area contributed by atoms with Gasteiger partial charge in [-0.15, -0.1) is 0 Å². The van der Waals surface area contributed by atoms with Crippen molar-refractivity contribution in [1.29, 1.82) is 0 Å². The summed E-state index contributed by atoms with van der Waals surface area (Å²) in [7, 11) is 0.917. The van der Waals surface area contributed by atoms with Gasteiger partial charge in [-0.1, -0.05) is 81.9 Å². The number of methoxy groups -OCH3 is 2. The van der Waals surface area contributed by atoms with Crippen molar-refractivity contribution in [3.05, 3.63) is 120 Å². The van der Waals surface area contributed by atoms with Gasteiger partial charge in [0.25, 0.3) is 0 Å². The molecule has 2 N–H and O–H groups in total. The van der Waals surface area contributed by atoms with Crippen LogP contribution in [0, 0.1) is 5.41 Å². The molecule has 13 heteroatoms. The number of rotatable bonds is 13. The van der Waals surface area contributed by atoms with Crippen LogP contribution in [-0.4, -0.2) is 78.2 Å². The number of nitrogens with one attached hydrogen (secondary N) is 1. The highest BCUT2D eigenvalue weighted by molar-refractivity contribution is 6.74. The van der Waals surface area contributed by atoms with Crippen LogP contribution >= 0.6 is 0 Å². The number of nitrogens with zero attached hydrogens (tertiary/aromatic N) is 4. The Balaban J connectivity index is 1.47. The number of hydrogen-bond acceptors (Lipinski definition) is 10. The molecule has 1 aliphatic carbocycles. The lowest BCUT2D eigenvalue weighted by Gasteiger charge is -2.44. The second-order valence-corrected chi connectivity index (χ2v) is 22.3. The summed E-state index contributed by atoms with van der Waals surface area (Å²) in [4.78, 5) is 26.3. The first-order valence-corrected chi connectivity index (χ1v) is 22.4. The number of aliphatic hydroxyl groups is 1. The van der Waals surface area contributed by atoms with E-state index in [1.807, 2.05) is 71.3 Å². The van der Waals surface area contributed by atoms with Crippen molar-refractivity contribution in [2.75, 3.05) is 32.8 Å². The second-order valence-electron chi connectivity index (χ2n) is 17.5. The number of aliphatic hydroxyl groups excluding tert-OH is 1. The van der Waals surface area contributed by atoms with Gasteiger partial charge in [0.1, 0.15) is 29.0 Å². The number of carbonyl (C=O) groups is 1. The molecule has 58 heavy (non-hydrogen) atoms. The van der Waals surface area contributed by atoms with Crippen molar-refractivity contribution in [3.63, 3.8) is 0 Å². The van der Waals surface area contributed by atoms with E-state index in [-0.39, 0.29) is 30.5 Å². The zero-order valence-electron chi connectivity index (χ0n) is 35.3. The van der Waals surface area contributed by atoms with Crippen LogP contribution in [0.5, 0.6) is 11.5 Å². The van der Waals surface area contributed by atoms with Gasteiger partial charge in [0, 0.05) is 6.61 Å². The van der Waals surface area contributed by atoms with Crippen LogP contribution in [0.1, 0.15) is 70.7 Å². The minimum Gasteiger partial charge on any atom is -0.497 e. The van der Waals surface area contributed by atoms with E-state index < -0.39 is 43.2 Å². The van der Waals surface area contributed by atoms with E-state index in [0.717, 1.165) is 16.7 Å². The van der Waals surface area contributed by atoms with Crippen molar-refractivity contribution < 1.29 is 33.3 Å². The first kappa shape index (κ1) is 42.5. The van der Waals surface area contributed by atoms with E-state index in [0.29, 0.717) is 28.2 Å². The molecule has 0 radical (unpaired) electrons. The molecule has 6 rings (SSSR count). The van der Waals surface area contributed by atoms with Crippen LogP contribution in [-0.2, 0) is 19.5 Å². The number of fused-ring (bicyclic) bond motifs is 1. The Morgan fingerprint density at radius 2 is 1.43 bits per heavy atom.